The first-order valence-electron chi connectivity index (χ1n) is 6.33. The summed E-state index contributed by atoms with van der Waals surface area (Å²) in [6.45, 7) is 4.40. The fourth-order valence-electron chi connectivity index (χ4n) is 2.28. The third-order valence-electron chi connectivity index (χ3n) is 3.34. The van der Waals surface area contributed by atoms with Crippen LogP contribution in [0.1, 0.15) is 29.3 Å². The van der Waals surface area contributed by atoms with Crippen LogP contribution in [0.3, 0.4) is 0 Å². The highest BCUT2D eigenvalue weighted by atomic mass is 16.3. The van der Waals surface area contributed by atoms with Gasteiger partial charge in [-0.15, -0.1) is 0 Å². The summed E-state index contributed by atoms with van der Waals surface area (Å²) in [6, 6.07) is 4.96. The molecule has 1 atom stereocenters. The number of carbonyl (C=O) groups excluding carboxylic acids is 2. The molecule has 1 unspecified atom stereocenters. The summed E-state index contributed by atoms with van der Waals surface area (Å²) >= 11 is 0. The van der Waals surface area contributed by atoms with E-state index in [2.05, 4.69) is 5.32 Å². The van der Waals surface area contributed by atoms with Crippen LogP contribution in [-0.2, 0) is 4.79 Å². The summed E-state index contributed by atoms with van der Waals surface area (Å²) in [5, 5.41) is 12.5. The first-order chi connectivity index (χ1) is 8.97. The summed E-state index contributed by atoms with van der Waals surface area (Å²) in [5.41, 5.74) is 1.22. The Labute approximate surface area is 112 Å². The van der Waals surface area contributed by atoms with Crippen molar-refractivity contribution in [3.8, 4) is 5.75 Å². The van der Waals surface area contributed by atoms with E-state index >= 15 is 0 Å². The van der Waals surface area contributed by atoms with E-state index in [1.807, 2.05) is 0 Å². The number of nitrogens with one attached hydrogen (secondary N) is 1. The highest BCUT2D eigenvalue weighted by Crippen LogP contribution is 2.20. The van der Waals surface area contributed by atoms with Gasteiger partial charge in [-0.3, -0.25) is 9.59 Å². The van der Waals surface area contributed by atoms with Gasteiger partial charge in [0.15, 0.2) is 0 Å². The average molecular weight is 262 g/mol. The second-order valence-corrected chi connectivity index (χ2v) is 4.94. The van der Waals surface area contributed by atoms with E-state index in [1.165, 1.54) is 13.0 Å². The van der Waals surface area contributed by atoms with Crippen LogP contribution in [0, 0.1) is 6.92 Å². The standard InChI is InChI=1S/C14H18N2O3/c1-9-3-4-11(7-13(9)18)14(19)16-6-5-12(8-16)15-10(2)17/h3-4,7,12,18H,5-6,8H2,1-2H3,(H,15,17). The van der Waals surface area contributed by atoms with Crippen molar-refractivity contribution in [3.05, 3.63) is 29.3 Å². The molecule has 2 rings (SSSR count). The minimum atomic E-state index is -0.108. The lowest BCUT2D eigenvalue weighted by Gasteiger charge is -2.17. The van der Waals surface area contributed by atoms with Gasteiger partial charge in [-0.2, -0.15) is 0 Å². The van der Waals surface area contributed by atoms with Gasteiger partial charge >= 0.3 is 0 Å². The maximum Gasteiger partial charge on any atom is 0.254 e. The van der Waals surface area contributed by atoms with E-state index in [0.29, 0.717) is 18.7 Å². The summed E-state index contributed by atoms with van der Waals surface area (Å²) in [6.07, 6.45) is 0.767. The monoisotopic (exact) mass is 262 g/mol. The van der Waals surface area contributed by atoms with Gasteiger partial charge in [0.25, 0.3) is 5.91 Å². The Morgan fingerprint density at radius 1 is 1.42 bits per heavy atom. The molecular formula is C14H18N2O3. The Balaban J connectivity index is 2.04. The molecule has 0 aromatic heterocycles. The first kappa shape index (κ1) is 13.4. The lowest BCUT2D eigenvalue weighted by atomic mass is 10.1. The number of benzene rings is 1. The molecule has 5 nitrogen and oxygen atoms in total. The van der Waals surface area contributed by atoms with Crippen molar-refractivity contribution in [1.82, 2.24) is 10.2 Å². The first-order valence-corrected chi connectivity index (χ1v) is 6.33. The van der Waals surface area contributed by atoms with Crippen molar-refractivity contribution in [3.63, 3.8) is 0 Å². The van der Waals surface area contributed by atoms with Gasteiger partial charge in [0.1, 0.15) is 5.75 Å². The topological polar surface area (TPSA) is 69.6 Å². The molecule has 0 bridgehead atoms. The smallest absolute Gasteiger partial charge is 0.254 e. The number of phenols is 1. The number of hydrogen-bond acceptors (Lipinski definition) is 3. The summed E-state index contributed by atoms with van der Waals surface area (Å²) in [4.78, 5) is 24.9. The molecule has 19 heavy (non-hydrogen) atoms. The van der Waals surface area contributed by atoms with Crippen molar-refractivity contribution in [2.45, 2.75) is 26.3 Å². The zero-order valence-electron chi connectivity index (χ0n) is 11.1. The maximum atomic E-state index is 12.2. The third-order valence-corrected chi connectivity index (χ3v) is 3.34. The Kier molecular flexibility index (Phi) is 3.74. The van der Waals surface area contributed by atoms with Gasteiger partial charge in [-0.1, -0.05) is 6.07 Å². The van der Waals surface area contributed by atoms with E-state index in [9.17, 15) is 14.7 Å². The molecule has 1 aliphatic rings. The zero-order chi connectivity index (χ0) is 14.0. The second-order valence-electron chi connectivity index (χ2n) is 4.94. The van der Waals surface area contributed by atoms with Crippen molar-refractivity contribution < 1.29 is 14.7 Å². The number of likely N-dealkylation sites (tertiary alicyclic amines) is 1. The lowest BCUT2D eigenvalue weighted by Crippen LogP contribution is -2.37. The van der Waals surface area contributed by atoms with E-state index in [4.69, 9.17) is 0 Å². The number of hydrogen-bond donors (Lipinski definition) is 2. The van der Waals surface area contributed by atoms with Crippen molar-refractivity contribution in [2.75, 3.05) is 13.1 Å². The van der Waals surface area contributed by atoms with Crippen LogP contribution in [0.4, 0.5) is 0 Å². The highest BCUT2D eigenvalue weighted by molar-refractivity contribution is 5.95. The van der Waals surface area contributed by atoms with Crippen LogP contribution in [-0.4, -0.2) is 41.0 Å². The van der Waals surface area contributed by atoms with E-state index in [-0.39, 0.29) is 23.6 Å². The number of aryl methyl sites for hydroxylation is 1. The number of amides is 2. The van der Waals surface area contributed by atoms with Gasteiger partial charge in [-0.25, -0.2) is 0 Å². The predicted octanol–water partition coefficient (Wildman–Crippen LogP) is 1.05. The molecule has 2 N–H and O–H groups in total. The number of carbonyl (C=O) groups is 2. The molecular weight excluding hydrogens is 244 g/mol. The number of rotatable bonds is 2. The lowest BCUT2D eigenvalue weighted by molar-refractivity contribution is -0.119. The molecule has 0 radical (unpaired) electrons. The second kappa shape index (κ2) is 5.30. The molecule has 1 aromatic rings. The van der Waals surface area contributed by atoms with Crippen LogP contribution in [0.25, 0.3) is 0 Å². The molecule has 2 amide bonds. The Bertz CT molecular complexity index is 513. The molecule has 1 heterocycles. The molecule has 1 saturated heterocycles. The van der Waals surface area contributed by atoms with Crippen LogP contribution in [0.2, 0.25) is 0 Å². The molecule has 0 spiro atoms. The Hall–Kier alpha value is -2.04. The van der Waals surface area contributed by atoms with Crippen molar-refractivity contribution in [2.24, 2.45) is 0 Å². The number of phenolic OH excluding ortho intramolecular Hbond substituents is 1. The molecule has 1 aliphatic heterocycles. The molecule has 5 heteroatoms. The quantitative estimate of drug-likeness (QED) is 0.837. The third kappa shape index (κ3) is 3.05. The van der Waals surface area contributed by atoms with Gasteiger partial charge in [-0.05, 0) is 31.0 Å². The summed E-state index contributed by atoms with van der Waals surface area (Å²) < 4.78 is 0. The zero-order valence-corrected chi connectivity index (χ0v) is 11.1. The van der Waals surface area contributed by atoms with Gasteiger partial charge in [0.05, 0.1) is 0 Å². The fourth-order valence-corrected chi connectivity index (χ4v) is 2.28. The van der Waals surface area contributed by atoms with Gasteiger partial charge < -0.3 is 15.3 Å². The molecule has 0 saturated carbocycles. The van der Waals surface area contributed by atoms with Gasteiger partial charge in [0.2, 0.25) is 5.91 Å². The normalized spacial score (nSPS) is 18.4. The summed E-state index contributed by atoms with van der Waals surface area (Å²) in [7, 11) is 0. The van der Waals surface area contributed by atoms with Gasteiger partial charge in [0, 0.05) is 31.6 Å². The molecule has 102 valence electrons. The van der Waals surface area contributed by atoms with Crippen molar-refractivity contribution >= 4 is 11.8 Å². The Morgan fingerprint density at radius 3 is 2.79 bits per heavy atom. The Morgan fingerprint density at radius 2 is 2.16 bits per heavy atom. The van der Waals surface area contributed by atoms with Crippen molar-refractivity contribution in [1.29, 1.82) is 0 Å². The van der Waals surface area contributed by atoms with Crippen LogP contribution >= 0.6 is 0 Å². The number of aromatic hydroxyl groups is 1. The summed E-state index contributed by atoms with van der Waals surface area (Å²) in [5.74, 6) is -0.0566. The maximum absolute atomic E-state index is 12.2. The molecule has 1 aromatic carbocycles. The molecule has 1 fully saturated rings. The van der Waals surface area contributed by atoms with Crippen LogP contribution in [0.15, 0.2) is 18.2 Å². The van der Waals surface area contributed by atoms with E-state index in [1.54, 1.807) is 24.0 Å². The van der Waals surface area contributed by atoms with Crippen LogP contribution in [0.5, 0.6) is 5.75 Å². The number of nitrogens with zero attached hydrogens (tertiary/aromatic N) is 1. The fraction of sp³-hybridized carbons (Fsp3) is 0.429. The molecule has 0 aliphatic carbocycles. The highest BCUT2D eigenvalue weighted by Gasteiger charge is 2.27. The predicted molar refractivity (Wildman–Crippen MR) is 71.0 cm³/mol. The van der Waals surface area contributed by atoms with E-state index in [0.717, 1.165) is 12.0 Å². The van der Waals surface area contributed by atoms with Crippen LogP contribution < -0.4 is 5.32 Å². The van der Waals surface area contributed by atoms with E-state index < -0.39 is 0 Å². The minimum Gasteiger partial charge on any atom is -0.508 e. The largest absolute Gasteiger partial charge is 0.508 e. The average Bonchev–Trinajstić information content (AvgIpc) is 2.79. The SMILES string of the molecule is CC(=O)NC1CCN(C(=O)c2ccc(C)c(O)c2)C1. The minimum absolute atomic E-state index is 0.0282.